The van der Waals surface area contributed by atoms with Gasteiger partial charge in [-0.2, -0.15) is 0 Å². The standard InChI is InChI=1S/C21H24BrClFNO3/c1-2-26-20-9-14(11-25-12-17-4-3-7-27-17)8-18(22)21(20)28-13-15-5-6-16(24)10-19(15)23/h5-6,8-10,17,25H,2-4,7,11-13H2,1H3. The number of rotatable bonds is 9. The summed E-state index contributed by atoms with van der Waals surface area (Å²) < 4.78 is 31.4. The van der Waals surface area contributed by atoms with Crippen molar-refractivity contribution < 1.29 is 18.6 Å². The van der Waals surface area contributed by atoms with Crippen molar-refractivity contribution >= 4 is 27.5 Å². The van der Waals surface area contributed by atoms with Gasteiger partial charge in [-0.15, -0.1) is 0 Å². The first-order valence-electron chi connectivity index (χ1n) is 9.41. The molecule has 3 rings (SSSR count). The molecule has 0 aromatic heterocycles. The SMILES string of the molecule is CCOc1cc(CNCC2CCCO2)cc(Br)c1OCc1ccc(F)cc1Cl. The Kier molecular flexibility index (Phi) is 7.97. The smallest absolute Gasteiger partial charge is 0.175 e. The summed E-state index contributed by atoms with van der Waals surface area (Å²) in [4.78, 5) is 0. The molecule has 28 heavy (non-hydrogen) atoms. The average Bonchev–Trinajstić information content (AvgIpc) is 3.16. The van der Waals surface area contributed by atoms with Crippen molar-refractivity contribution in [2.75, 3.05) is 19.8 Å². The van der Waals surface area contributed by atoms with E-state index in [2.05, 4.69) is 21.2 Å². The minimum atomic E-state index is -0.371. The molecule has 4 nitrogen and oxygen atoms in total. The van der Waals surface area contributed by atoms with E-state index in [4.69, 9.17) is 25.8 Å². The van der Waals surface area contributed by atoms with Gasteiger partial charge in [-0.1, -0.05) is 17.7 Å². The number of halogens is 3. The molecular formula is C21H24BrClFNO3. The average molecular weight is 473 g/mol. The van der Waals surface area contributed by atoms with Crippen LogP contribution in [0.2, 0.25) is 5.02 Å². The fourth-order valence-corrected chi connectivity index (χ4v) is 3.92. The molecule has 1 saturated heterocycles. The van der Waals surface area contributed by atoms with Gasteiger partial charge in [0.25, 0.3) is 0 Å². The van der Waals surface area contributed by atoms with Crippen LogP contribution in [0.25, 0.3) is 0 Å². The summed E-state index contributed by atoms with van der Waals surface area (Å²) in [5.74, 6) is 0.888. The molecule has 2 aromatic rings. The zero-order valence-electron chi connectivity index (χ0n) is 15.8. The quantitative estimate of drug-likeness (QED) is 0.524. The molecule has 0 bridgehead atoms. The number of nitrogens with one attached hydrogen (secondary N) is 1. The zero-order chi connectivity index (χ0) is 19.9. The van der Waals surface area contributed by atoms with E-state index in [-0.39, 0.29) is 12.4 Å². The Hall–Kier alpha value is -1.34. The van der Waals surface area contributed by atoms with Crippen molar-refractivity contribution in [2.45, 2.75) is 39.0 Å². The topological polar surface area (TPSA) is 39.7 Å². The molecule has 1 N–H and O–H groups in total. The zero-order valence-corrected chi connectivity index (χ0v) is 18.1. The Labute approximate surface area is 178 Å². The highest BCUT2D eigenvalue weighted by molar-refractivity contribution is 9.10. The lowest BCUT2D eigenvalue weighted by Crippen LogP contribution is -2.25. The van der Waals surface area contributed by atoms with Crippen LogP contribution in [0.3, 0.4) is 0 Å². The molecule has 0 aliphatic carbocycles. The van der Waals surface area contributed by atoms with E-state index >= 15 is 0 Å². The highest BCUT2D eigenvalue weighted by Crippen LogP contribution is 2.38. The summed E-state index contributed by atoms with van der Waals surface area (Å²) in [6.45, 7) is 5.07. The summed E-state index contributed by atoms with van der Waals surface area (Å²) in [5.41, 5.74) is 1.79. The second-order valence-corrected chi connectivity index (χ2v) is 7.89. The Bertz CT molecular complexity index is 799. The molecule has 0 spiro atoms. The van der Waals surface area contributed by atoms with Gasteiger partial charge in [0.2, 0.25) is 0 Å². The Morgan fingerprint density at radius 1 is 1.29 bits per heavy atom. The highest BCUT2D eigenvalue weighted by atomic mass is 79.9. The van der Waals surface area contributed by atoms with Crippen LogP contribution in [0.5, 0.6) is 11.5 Å². The first-order chi connectivity index (χ1) is 13.6. The molecule has 1 fully saturated rings. The largest absolute Gasteiger partial charge is 0.490 e. The van der Waals surface area contributed by atoms with Crippen molar-refractivity contribution in [3.63, 3.8) is 0 Å². The third-order valence-electron chi connectivity index (χ3n) is 4.48. The Balaban J connectivity index is 1.67. The number of hydrogen-bond donors (Lipinski definition) is 1. The summed E-state index contributed by atoms with van der Waals surface area (Å²) in [6, 6.07) is 8.24. The van der Waals surface area contributed by atoms with Gasteiger partial charge in [0.1, 0.15) is 12.4 Å². The van der Waals surface area contributed by atoms with Crippen LogP contribution >= 0.6 is 27.5 Å². The van der Waals surface area contributed by atoms with Crippen LogP contribution in [0.1, 0.15) is 30.9 Å². The Morgan fingerprint density at radius 2 is 2.14 bits per heavy atom. The first-order valence-corrected chi connectivity index (χ1v) is 10.6. The molecule has 1 heterocycles. The molecule has 7 heteroatoms. The van der Waals surface area contributed by atoms with Crippen molar-refractivity contribution in [2.24, 2.45) is 0 Å². The monoisotopic (exact) mass is 471 g/mol. The molecule has 1 aliphatic heterocycles. The maximum atomic E-state index is 13.2. The molecule has 0 amide bonds. The Morgan fingerprint density at radius 3 is 2.86 bits per heavy atom. The fraction of sp³-hybridized carbons (Fsp3) is 0.429. The van der Waals surface area contributed by atoms with E-state index in [1.807, 2.05) is 19.1 Å². The van der Waals surface area contributed by atoms with E-state index in [1.54, 1.807) is 6.07 Å². The summed E-state index contributed by atoms with van der Waals surface area (Å²) in [7, 11) is 0. The van der Waals surface area contributed by atoms with E-state index in [0.29, 0.717) is 41.3 Å². The maximum Gasteiger partial charge on any atom is 0.175 e. The van der Waals surface area contributed by atoms with Crippen LogP contribution in [0.4, 0.5) is 4.39 Å². The molecule has 1 unspecified atom stereocenters. The van der Waals surface area contributed by atoms with Gasteiger partial charge in [0, 0.05) is 25.3 Å². The predicted octanol–water partition coefficient (Wildman–Crippen LogP) is 5.49. The van der Waals surface area contributed by atoms with Gasteiger partial charge >= 0.3 is 0 Å². The van der Waals surface area contributed by atoms with Crippen molar-refractivity contribution in [3.8, 4) is 11.5 Å². The van der Waals surface area contributed by atoms with E-state index in [9.17, 15) is 4.39 Å². The second kappa shape index (κ2) is 10.4. The third kappa shape index (κ3) is 5.83. The minimum absolute atomic E-state index is 0.217. The van der Waals surface area contributed by atoms with Crippen LogP contribution in [0, 0.1) is 5.82 Å². The molecular weight excluding hydrogens is 449 g/mol. The number of hydrogen-bond acceptors (Lipinski definition) is 4. The fourth-order valence-electron chi connectivity index (χ4n) is 3.10. The summed E-state index contributed by atoms with van der Waals surface area (Å²) in [5, 5.41) is 3.77. The predicted molar refractivity (Wildman–Crippen MR) is 112 cm³/mol. The molecule has 0 radical (unpaired) electrons. The third-order valence-corrected chi connectivity index (χ3v) is 5.42. The van der Waals surface area contributed by atoms with Gasteiger partial charge in [-0.05, 0) is 65.5 Å². The minimum Gasteiger partial charge on any atom is -0.490 e. The van der Waals surface area contributed by atoms with E-state index < -0.39 is 0 Å². The van der Waals surface area contributed by atoms with Gasteiger partial charge in [-0.25, -0.2) is 4.39 Å². The van der Waals surface area contributed by atoms with Gasteiger partial charge < -0.3 is 19.5 Å². The van der Waals surface area contributed by atoms with Gasteiger partial charge in [0.15, 0.2) is 11.5 Å². The summed E-state index contributed by atoms with van der Waals surface area (Å²) >= 11 is 9.67. The normalized spacial score (nSPS) is 16.4. The lowest BCUT2D eigenvalue weighted by Gasteiger charge is -2.17. The molecule has 2 aromatic carbocycles. The summed E-state index contributed by atoms with van der Waals surface area (Å²) in [6.07, 6.45) is 2.55. The van der Waals surface area contributed by atoms with Gasteiger partial charge in [-0.3, -0.25) is 0 Å². The van der Waals surface area contributed by atoms with E-state index in [0.717, 1.165) is 36.0 Å². The highest BCUT2D eigenvalue weighted by Gasteiger charge is 2.16. The first kappa shape index (κ1) is 21.4. The molecule has 0 saturated carbocycles. The van der Waals surface area contributed by atoms with Crippen molar-refractivity contribution in [1.29, 1.82) is 0 Å². The molecule has 1 aliphatic rings. The van der Waals surface area contributed by atoms with Crippen molar-refractivity contribution in [1.82, 2.24) is 5.32 Å². The van der Waals surface area contributed by atoms with Crippen LogP contribution in [-0.4, -0.2) is 25.9 Å². The lowest BCUT2D eigenvalue weighted by atomic mass is 10.2. The van der Waals surface area contributed by atoms with Crippen LogP contribution in [-0.2, 0) is 17.9 Å². The molecule has 1 atom stereocenters. The van der Waals surface area contributed by atoms with Crippen molar-refractivity contribution in [3.05, 3.63) is 56.8 Å². The number of ether oxygens (including phenoxy) is 3. The van der Waals surface area contributed by atoms with E-state index in [1.165, 1.54) is 12.1 Å². The van der Waals surface area contributed by atoms with Crippen LogP contribution < -0.4 is 14.8 Å². The number of benzene rings is 2. The van der Waals surface area contributed by atoms with Gasteiger partial charge in [0.05, 0.1) is 22.2 Å². The maximum absolute atomic E-state index is 13.2. The van der Waals surface area contributed by atoms with Crippen LogP contribution in [0.15, 0.2) is 34.8 Å². The lowest BCUT2D eigenvalue weighted by molar-refractivity contribution is 0.110. The second-order valence-electron chi connectivity index (χ2n) is 6.63. The molecule has 152 valence electrons.